The van der Waals surface area contributed by atoms with E-state index in [1.165, 1.54) is 139 Å². The van der Waals surface area contributed by atoms with Gasteiger partial charge in [-0.15, -0.1) is 0 Å². The fraction of sp³-hybridized carbons (Fsp3) is 0.451. The summed E-state index contributed by atoms with van der Waals surface area (Å²) in [4.78, 5) is 51.4. The summed E-state index contributed by atoms with van der Waals surface area (Å²) in [6.45, 7) is 8.59. The summed E-state index contributed by atoms with van der Waals surface area (Å²) in [5.74, 6) is -2.36. The lowest BCUT2D eigenvalue weighted by Gasteiger charge is -2.25. The Hall–Kier alpha value is -5.64. The van der Waals surface area contributed by atoms with Crippen molar-refractivity contribution in [2.24, 2.45) is 0 Å². The minimum absolute atomic E-state index is 0.161. The van der Waals surface area contributed by atoms with Crippen LogP contribution < -0.4 is 18.9 Å². The van der Waals surface area contributed by atoms with Crippen LogP contribution in [0.5, 0.6) is 23.0 Å². The molecule has 0 radical (unpaired) electrons. The van der Waals surface area contributed by atoms with Gasteiger partial charge in [-0.2, -0.15) is 0 Å². The Morgan fingerprint density at radius 3 is 0.934 bits per heavy atom. The maximum atomic E-state index is 13.0. The first kappa shape index (κ1) is 48.0. The first-order valence-corrected chi connectivity index (χ1v) is 22.1. The molecule has 0 unspecified atom stereocenters. The predicted molar refractivity (Wildman–Crippen MR) is 237 cm³/mol. The summed E-state index contributed by atoms with van der Waals surface area (Å²) in [6, 6.07) is 25.3. The van der Waals surface area contributed by atoms with E-state index in [9.17, 15) is 19.2 Å². The molecule has 10 nitrogen and oxygen atoms in total. The number of carbonyl (C=O) groups excluding carboxylic acids is 4. The molecule has 0 saturated heterocycles. The average molecular weight is 837 g/mol. The summed E-state index contributed by atoms with van der Waals surface area (Å²) in [7, 11) is 0. The molecule has 61 heavy (non-hydrogen) atoms. The van der Waals surface area contributed by atoms with Gasteiger partial charge < -0.3 is 28.4 Å². The van der Waals surface area contributed by atoms with Crippen LogP contribution in [0, 0.1) is 0 Å². The highest BCUT2D eigenvalue weighted by atomic mass is 16.7. The molecule has 0 aromatic heterocycles. The van der Waals surface area contributed by atoms with E-state index in [-0.39, 0.29) is 22.6 Å². The Morgan fingerprint density at radius 2 is 0.623 bits per heavy atom. The van der Waals surface area contributed by atoms with Crippen LogP contribution in [0.1, 0.15) is 172 Å². The smallest absolute Gasteiger partial charge is 0.343 e. The minimum atomic E-state index is -1.63. The van der Waals surface area contributed by atoms with E-state index >= 15 is 0 Å². The molecule has 0 N–H and O–H groups in total. The second kappa shape index (κ2) is 26.5. The molecule has 0 amide bonds. The first-order valence-electron chi connectivity index (χ1n) is 22.1. The molecule has 0 aliphatic carbocycles. The van der Waals surface area contributed by atoms with Crippen LogP contribution in [0.3, 0.4) is 0 Å². The molecule has 0 aliphatic heterocycles. The number of ether oxygens (including phenoxy) is 6. The van der Waals surface area contributed by atoms with E-state index in [0.29, 0.717) is 35.8 Å². The summed E-state index contributed by atoms with van der Waals surface area (Å²) in [6.07, 6.45) is 19.6. The summed E-state index contributed by atoms with van der Waals surface area (Å²) in [5, 5.41) is 0. The van der Waals surface area contributed by atoms with E-state index in [0.717, 1.165) is 25.7 Å². The zero-order chi connectivity index (χ0) is 43.7. The van der Waals surface area contributed by atoms with Gasteiger partial charge in [0.25, 0.3) is 5.79 Å². The van der Waals surface area contributed by atoms with Gasteiger partial charge in [-0.1, -0.05) is 104 Å². The summed E-state index contributed by atoms with van der Waals surface area (Å²) < 4.78 is 33.6. The fourth-order valence-corrected chi connectivity index (χ4v) is 6.46. The standard InChI is InChI=1S/C51H64O10/c1-5-7-9-11-13-15-17-19-37-56-43-29-21-39(22-30-43)47(52)58-45-33-25-41(26-34-45)49(54)60-51(3,4)61-50(55)42-27-35-46(36-28-42)59-48(53)40-23-31-44(32-24-40)57-38-20-18-16-14-12-10-8-6-2/h21-36H,5-20,37-38H2,1-4H3. The Kier molecular flexibility index (Phi) is 20.9. The van der Waals surface area contributed by atoms with Crippen molar-refractivity contribution in [2.75, 3.05) is 13.2 Å². The zero-order valence-corrected chi connectivity index (χ0v) is 36.5. The first-order chi connectivity index (χ1) is 29.6. The third kappa shape index (κ3) is 18.3. The maximum absolute atomic E-state index is 13.0. The molecule has 10 heteroatoms. The van der Waals surface area contributed by atoms with Crippen LogP contribution >= 0.6 is 0 Å². The SMILES string of the molecule is CCCCCCCCCCOc1ccc(C(=O)Oc2ccc(C(=O)OC(C)(C)OC(=O)c3ccc(OC(=O)c4ccc(OCCCCCCCCCC)cc4)cc3)cc2)cc1. The Bertz CT molecular complexity index is 1760. The third-order valence-corrected chi connectivity index (χ3v) is 9.99. The lowest BCUT2D eigenvalue weighted by molar-refractivity contribution is -0.143. The van der Waals surface area contributed by atoms with Crippen molar-refractivity contribution in [3.8, 4) is 23.0 Å². The highest BCUT2D eigenvalue weighted by molar-refractivity contribution is 5.93. The number of esters is 4. The molecule has 0 atom stereocenters. The molecule has 4 aromatic carbocycles. The molecule has 4 aromatic rings. The van der Waals surface area contributed by atoms with Crippen LogP contribution in [-0.2, 0) is 9.47 Å². The van der Waals surface area contributed by atoms with Crippen LogP contribution in [0.25, 0.3) is 0 Å². The average Bonchev–Trinajstić information content (AvgIpc) is 3.25. The van der Waals surface area contributed by atoms with E-state index in [2.05, 4.69) is 13.8 Å². The van der Waals surface area contributed by atoms with Crippen LogP contribution in [0.4, 0.5) is 0 Å². The summed E-state index contributed by atoms with van der Waals surface area (Å²) in [5.41, 5.74) is 1.04. The van der Waals surface area contributed by atoms with E-state index in [1.807, 2.05) is 0 Å². The van der Waals surface area contributed by atoms with Gasteiger partial charge in [-0.25, -0.2) is 19.2 Å². The number of unbranched alkanes of at least 4 members (excludes halogenated alkanes) is 14. The largest absolute Gasteiger partial charge is 0.494 e. The molecule has 0 fully saturated rings. The molecule has 328 valence electrons. The molecule has 0 aliphatic rings. The number of hydrogen-bond acceptors (Lipinski definition) is 10. The lowest BCUT2D eigenvalue weighted by Crippen LogP contribution is -2.34. The number of hydrogen-bond donors (Lipinski definition) is 0. The topological polar surface area (TPSA) is 124 Å². The van der Waals surface area contributed by atoms with Gasteiger partial charge in [-0.05, 0) is 110 Å². The van der Waals surface area contributed by atoms with E-state index in [1.54, 1.807) is 48.5 Å². The van der Waals surface area contributed by atoms with Crippen molar-refractivity contribution in [1.82, 2.24) is 0 Å². The van der Waals surface area contributed by atoms with Crippen molar-refractivity contribution >= 4 is 23.9 Å². The number of carbonyl (C=O) groups is 4. The number of benzene rings is 4. The predicted octanol–water partition coefficient (Wildman–Crippen LogP) is 12.9. The van der Waals surface area contributed by atoms with Crippen LogP contribution in [-0.4, -0.2) is 42.9 Å². The monoisotopic (exact) mass is 836 g/mol. The molecular formula is C51H64O10. The second-order valence-corrected chi connectivity index (χ2v) is 15.7. The molecule has 0 saturated carbocycles. The summed E-state index contributed by atoms with van der Waals surface area (Å²) >= 11 is 0. The molecule has 0 heterocycles. The van der Waals surface area contributed by atoms with E-state index in [4.69, 9.17) is 28.4 Å². The van der Waals surface area contributed by atoms with Gasteiger partial charge in [0.1, 0.15) is 23.0 Å². The Morgan fingerprint density at radius 1 is 0.361 bits per heavy atom. The Balaban J connectivity index is 1.14. The molecule has 0 bridgehead atoms. The maximum Gasteiger partial charge on any atom is 0.343 e. The van der Waals surface area contributed by atoms with Crippen molar-refractivity contribution in [3.63, 3.8) is 0 Å². The molecular weight excluding hydrogens is 773 g/mol. The highest BCUT2D eigenvalue weighted by Crippen LogP contribution is 2.23. The lowest BCUT2D eigenvalue weighted by atomic mass is 10.1. The second-order valence-electron chi connectivity index (χ2n) is 15.7. The molecule has 0 spiro atoms. The third-order valence-electron chi connectivity index (χ3n) is 9.99. The Labute approximate surface area is 362 Å². The van der Waals surface area contributed by atoms with Crippen LogP contribution in [0.15, 0.2) is 97.1 Å². The normalized spacial score (nSPS) is 11.1. The van der Waals surface area contributed by atoms with Gasteiger partial charge in [0.05, 0.1) is 35.5 Å². The van der Waals surface area contributed by atoms with E-state index < -0.39 is 29.7 Å². The number of rotatable bonds is 28. The van der Waals surface area contributed by atoms with Crippen molar-refractivity contribution in [2.45, 2.75) is 136 Å². The highest BCUT2D eigenvalue weighted by Gasteiger charge is 2.29. The van der Waals surface area contributed by atoms with Gasteiger partial charge >= 0.3 is 23.9 Å². The van der Waals surface area contributed by atoms with Crippen LogP contribution in [0.2, 0.25) is 0 Å². The van der Waals surface area contributed by atoms with Crippen molar-refractivity contribution in [3.05, 3.63) is 119 Å². The van der Waals surface area contributed by atoms with Gasteiger partial charge in [0.15, 0.2) is 0 Å². The van der Waals surface area contributed by atoms with Gasteiger partial charge in [0.2, 0.25) is 0 Å². The fourth-order valence-electron chi connectivity index (χ4n) is 6.46. The van der Waals surface area contributed by atoms with Crippen molar-refractivity contribution < 1.29 is 47.6 Å². The zero-order valence-electron chi connectivity index (χ0n) is 36.5. The molecule has 4 rings (SSSR count). The van der Waals surface area contributed by atoms with Gasteiger partial charge in [-0.3, -0.25) is 0 Å². The minimum Gasteiger partial charge on any atom is -0.494 e. The van der Waals surface area contributed by atoms with Gasteiger partial charge in [0, 0.05) is 13.8 Å². The van der Waals surface area contributed by atoms with Crippen molar-refractivity contribution in [1.29, 1.82) is 0 Å². The quantitative estimate of drug-likeness (QED) is 0.0236.